The second kappa shape index (κ2) is 9.65. The highest BCUT2D eigenvalue weighted by Gasteiger charge is 2.56. The quantitative estimate of drug-likeness (QED) is 0.345. The van der Waals surface area contributed by atoms with Crippen LogP contribution in [0, 0.1) is 0 Å². The van der Waals surface area contributed by atoms with Crippen molar-refractivity contribution in [2.24, 2.45) is 0 Å². The number of halogens is 1. The molecular weight excluding hydrogens is 386 g/mol. The summed E-state index contributed by atoms with van der Waals surface area (Å²) in [6, 6.07) is 0. The van der Waals surface area contributed by atoms with E-state index in [0.717, 1.165) is 25.7 Å². The van der Waals surface area contributed by atoms with E-state index < -0.39 is 6.30 Å². The Balaban J connectivity index is 2.99. The van der Waals surface area contributed by atoms with Crippen molar-refractivity contribution >= 4 is 24.8 Å². The van der Waals surface area contributed by atoms with Gasteiger partial charge in [-0.2, -0.15) is 0 Å². The molecule has 0 spiro atoms. The Hall–Kier alpha value is -0.0200. The van der Waals surface area contributed by atoms with E-state index in [1.807, 2.05) is 0 Å². The maximum Gasteiger partial charge on any atom is 0.212 e. The summed E-state index contributed by atoms with van der Waals surface area (Å²) in [6.07, 6.45) is 7.43. The highest BCUT2D eigenvalue weighted by molar-refractivity contribution is 8.50. The highest BCUT2D eigenvalue weighted by atomic mass is 35.7. The molecule has 0 nitrogen and oxygen atoms in total. The molecule has 1 aromatic heterocycles. The zero-order chi connectivity index (χ0) is 20.4. The third-order valence-electron chi connectivity index (χ3n) is 6.38. The highest BCUT2D eigenvalue weighted by Crippen LogP contribution is 2.97. The molecule has 3 heteroatoms. The summed E-state index contributed by atoms with van der Waals surface area (Å²) in [5.74, 6) is 0. The molecule has 0 aliphatic carbocycles. The summed E-state index contributed by atoms with van der Waals surface area (Å²) in [5.41, 5.74) is 6.63. The van der Waals surface area contributed by atoms with Gasteiger partial charge in [0.15, 0.2) is 0 Å². The Morgan fingerprint density at radius 3 is 1.15 bits per heavy atom. The van der Waals surface area contributed by atoms with Gasteiger partial charge in [0.1, 0.15) is 21.9 Å². The summed E-state index contributed by atoms with van der Waals surface area (Å²) in [7, 11) is -0.381. The SMILES string of the molecule is CCC1=C(CC)[P+](Cl)(p2c(CC)c(CC)c(CC)c2CC)C(CC)=C1CC. The fraction of sp³-hybridized carbons (Fsp3) is 0.667. The maximum absolute atomic E-state index is 8.00. The van der Waals surface area contributed by atoms with Gasteiger partial charge in [-0.25, -0.2) is 0 Å². The first-order chi connectivity index (χ1) is 13.0. The molecule has 0 bridgehead atoms. The molecule has 2 rings (SSSR count). The number of hydrogen-bond acceptors (Lipinski definition) is 0. The van der Waals surface area contributed by atoms with E-state index in [1.54, 1.807) is 43.5 Å². The van der Waals surface area contributed by atoms with Gasteiger partial charge in [0, 0.05) is 23.4 Å². The van der Waals surface area contributed by atoms with Crippen LogP contribution in [0.2, 0.25) is 0 Å². The smallest absolute Gasteiger partial charge is 0.0613 e. The van der Waals surface area contributed by atoms with Crippen molar-refractivity contribution in [2.75, 3.05) is 0 Å². The van der Waals surface area contributed by atoms with Crippen LogP contribution in [-0.4, -0.2) is 0 Å². The van der Waals surface area contributed by atoms with Crippen LogP contribution >= 0.6 is 24.8 Å². The Labute approximate surface area is 174 Å². The van der Waals surface area contributed by atoms with Crippen LogP contribution < -0.4 is 0 Å². The van der Waals surface area contributed by atoms with Crippen molar-refractivity contribution in [3.05, 3.63) is 43.5 Å². The van der Waals surface area contributed by atoms with E-state index in [4.69, 9.17) is 11.2 Å². The van der Waals surface area contributed by atoms with Crippen LogP contribution in [0.25, 0.3) is 0 Å². The van der Waals surface area contributed by atoms with Crippen LogP contribution in [0.15, 0.2) is 21.8 Å². The van der Waals surface area contributed by atoms with E-state index in [1.165, 1.54) is 25.7 Å². The van der Waals surface area contributed by atoms with E-state index in [9.17, 15) is 0 Å². The van der Waals surface area contributed by atoms with Gasteiger partial charge in [0.2, 0.25) is 6.30 Å². The van der Waals surface area contributed by atoms with Gasteiger partial charge in [-0.3, -0.25) is 0 Å². The van der Waals surface area contributed by atoms with Crippen molar-refractivity contribution in [3.8, 4) is 0 Å². The van der Waals surface area contributed by atoms with Gasteiger partial charge >= 0.3 is 0 Å². The molecule has 0 unspecified atom stereocenters. The monoisotopic (exact) mass is 425 g/mol. The molecular formula is C24H40ClP2+. The Morgan fingerprint density at radius 2 is 0.926 bits per heavy atom. The Morgan fingerprint density at radius 1 is 0.556 bits per heavy atom. The van der Waals surface area contributed by atoms with Crippen molar-refractivity contribution in [1.82, 2.24) is 0 Å². The maximum atomic E-state index is 8.00. The summed E-state index contributed by atoms with van der Waals surface area (Å²) in [6.45, 7) is 18.8. The summed E-state index contributed by atoms with van der Waals surface area (Å²) in [4.78, 5) is 0. The van der Waals surface area contributed by atoms with Gasteiger partial charge in [0.25, 0.3) is 0 Å². The second-order valence-electron chi connectivity index (χ2n) is 7.40. The van der Waals surface area contributed by atoms with Crippen molar-refractivity contribution < 1.29 is 0 Å². The first-order valence-electron chi connectivity index (χ1n) is 11.2. The molecule has 0 atom stereocenters. The molecule has 1 aliphatic heterocycles. The molecule has 2 heterocycles. The lowest BCUT2D eigenvalue weighted by molar-refractivity contribution is 0.985. The van der Waals surface area contributed by atoms with E-state index >= 15 is 0 Å². The van der Waals surface area contributed by atoms with Gasteiger partial charge in [-0.05, 0) is 60.8 Å². The van der Waals surface area contributed by atoms with Crippen LogP contribution in [0.4, 0.5) is 0 Å². The van der Waals surface area contributed by atoms with Gasteiger partial charge in [-0.1, -0.05) is 55.4 Å². The van der Waals surface area contributed by atoms with Crippen molar-refractivity contribution in [1.29, 1.82) is 0 Å². The van der Waals surface area contributed by atoms with Crippen LogP contribution in [-0.2, 0) is 25.7 Å². The number of hydrogen-bond donors (Lipinski definition) is 0. The Kier molecular flexibility index (Phi) is 8.32. The fourth-order valence-corrected chi connectivity index (χ4v) is 20.6. The predicted octanol–water partition coefficient (Wildman–Crippen LogP) is 10.0. The normalized spacial score (nSPS) is 16.8. The second-order valence-corrected chi connectivity index (χ2v) is 16.5. The average Bonchev–Trinajstić information content (AvgIpc) is 3.14. The summed E-state index contributed by atoms with van der Waals surface area (Å²) >= 11 is 8.00. The molecule has 1 aliphatic rings. The molecule has 152 valence electrons. The summed E-state index contributed by atoms with van der Waals surface area (Å²) < 4.78 is 0. The van der Waals surface area contributed by atoms with Gasteiger partial charge < -0.3 is 0 Å². The molecule has 27 heavy (non-hydrogen) atoms. The molecule has 0 fully saturated rings. The van der Waals surface area contributed by atoms with Gasteiger partial charge in [-0.15, -0.1) is 0 Å². The van der Waals surface area contributed by atoms with Crippen LogP contribution in [0.5, 0.6) is 0 Å². The first-order valence-corrected chi connectivity index (χ1v) is 16.0. The zero-order valence-corrected chi connectivity index (χ0v) is 21.5. The van der Waals surface area contributed by atoms with E-state index in [-0.39, 0.29) is 7.22 Å². The predicted molar refractivity (Wildman–Crippen MR) is 130 cm³/mol. The standard InChI is InChI=1S/C24H40ClP2/c1-9-17-18(10-2)22(14-6)26(21(17)13-5)27(25)23(15-7)19(11-3)20(12-4)24(27)16-8/h9-16H2,1-8H3/q+1. The lowest BCUT2D eigenvalue weighted by Crippen LogP contribution is -1.91. The minimum Gasteiger partial charge on any atom is -0.0613 e. The minimum atomic E-state index is -1.80. The fourth-order valence-electron chi connectivity index (χ4n) is 5.45. The molecule has 0 aromatic carbocycles. The Bertz CT molecular complexity index is 691. The molecule has 1 aromatic rings. The zero-order valence-electron chi connectivity index (χ0n) is 18.9. The summed E-state index contributed by atoms with van der Waals surface area (Å²) in [5, 5.41) is 6.82. The van der Waals surface area contributed by atoms with Crippen molar-refractivity contribution in [3.63, 3.8) is 0 Å². The lowest BCUT2D eigenvalue weighted by atomic mass is 9.99. The average molecular weight is 426 g/mol. The third-order valence-corrected chi connectivity index (χ3v) is 18.9. The largest absolute Gasteiger partial charge is 0.212 e. The molecule has 0 saturated heterocycles. The van der Waals surface area contributed by atoms with Crippen molar-refractivity contribution in [2.45, 2.75) is 107 Å². The first kappa shape index (κ1) is 23.3. The van der Waals surface area contributed by atoms with E-state index in [0.29, 0.717) is 0 Å². The minimum absolute atomic E-state index is 0.381. The number of rotatable bonds is 9. The topological polar surface area (TPSA) is 0 Å². The van der Waals surface area contributed by atoms with Gasteiger partial charge in [0.05, 0.1) is 7.22 Å². The molecule has 0 N–H and O–H groups in total. The van der Waals surface area contributed by atoms with Crippen LogP contribution in [0.1, 0.15) is 103 Å². The molecule has 0 amide bonds. The van der Waals surface area contributed by atoms with Crippen LogP contribution in [0.3, 0.4) is 0 Å². The third kappa shape index (κ3) is 3.43. The lowest BCUT2D eigenvalue weighted by Gasteiger charge is -2.23. The molecule has 0 radical (unpaired) electrons. The molecule has 0 saturated carbocycles. The number of allylic oxidation sites excluding steroid dienone is 4. The van der Waals surface area contributed by atoms with E-state index in [2.05, 4.69) is 55.4 Å².